The minimum atomic E-state index is -0.636. The molecule has 1 aromatic carbocycles. The summed E-state index contributed by atoms with van der Waals surface area (Å²) >= 11 is 0. The zero-order chi connectivity index (χ0) is 23.5. The zero-order valence-electron chi connectivity index (χ0n) is 19.4. The van der Waals surface area contributed by atoms with E-state index in [0.717, 1.165) is 45.4 Å². The standard InChI is InChI=1S/C24H31N7O3/c1-16(32)31-10-7-19(8-11-31)27-23-21-22(25-15-26-23)24(29-28-21)34-14-20(33)13-30-9-6-17-4-2-3-5-18(17)12-30/h2-5,15,19-20,33H,6-14H2,1H3,(H,28,29)(H,25,26,27)/t20-/m1/s1. The number of nitrogens with zero attached hydrogens (tertiary/aromatic N) is 5. The molecule has 2 aromatic heterocycles. The molecule has 0 spiro atoms. The fourth-order valence-electron chi connectivity index (χ4n) is 4.79. The van der Waals surface area contributed by atoms with E-state index in [1.165, 1.54) is 17.5 Å². The minimum absolute atomic E-state index is 0.116. The number of aromatic nitrogens is 4. The van der Waals surface area contributed by atoms with Crippen LogP contribution in [-0.4, -0.2) is 85.9 Å². The second-order valence-corrected chi connectivity index (χ2v) is 9.12. The number of carbonyl (C=O) groups excluding carboxylic acids is 1. The lowest BCUT2D eigenvalue weighted by atomic mass is 10.00. The summed E-state index contributed by atoms with van der Waals surface area (Å²) in [5, 5.41) is 21.3. The normalized spacial score (nSPS) is 18.0. The highest BCUT2D eigenvalue weighted by atomic mass is 16.5. The van der Waals surface area contributed by atoms with Gasteiger partial charge in [0, 0.05) is 45.7 Å². The van der Waals surface area contributed by atoms with Crippen molar-refractivity contribution in [1.29, 1.82) is 0 Å². The molecule has 3 N–H and O–H groups in total. The number of anilines is 1. The summed E-state index contributed by atoms with van der Waals surface area (Å²) in [5.41, 5.74) is 3.97. The van der Waals surface area contributed by atoms with E-state index in [9.17, 15) is 9.90 Å². The van der Waals surface area contributed by atoms with Gasteiger partial charge in [-0.3, -0.25) is 14.8 Å². The predicted molar refractivity (Wildman–Crippen MR) is 128 cm³/mol. The average molecular weight is 466 g/mol. The van der Waals surface area contributed by atoms with Gasteiger partial charge in [0.2, 0.25) is 5.91 Å². The summed E-state index contributed by atoms with van der Waals surface area (Å²) in [5.74, 6) is 1.14. The van der Waals surface area contributed by atoms with Gasteiger partial charge in [-0.25, -0.2) is 9.97 Å². The molecule has 5 rings (SSSR count). The Morgan fingerprint density at radius 2 is 2.03 bits per heavy atom. The molecule has 0 bridgehead atoms. The second kappa shape index (κ2) is 9.94. The van der Waals surface area contributed by atoms with Crippen molar-refractivity contribution in [3.8, 4) is 5.88 Å². The van der Waals surface area contributed by atoms with E-state index in [4.69, 9.17) is 4.74 Å². The molecular formula is C24H31N7O3. The summed E-state index contributed by atoms with van der Waals surface area (Å²) in [7, 11) is 0. The molecule has 0 radical (unpaired) electrons. The molecule has 1 saturated heterocycles. The molecule has 10 nitrogen and oxygen atoms in total. The first-order valence-corrected chi connectivity index (χ1v) is 11.9. The number of fused-ring (bicyclic) bond motifs is 2. The van der Waals surface area contributed by atoms with Crippen molar-refractivity contribution in [2.45, 2.75) is 44.9 Å². The molecule has 2 aliphatic rings. The van der Waals surface area contributed by atoms with E-state index in [1.807, 2.05) is 4.90 Å². The molecule has 1 amide bonds. The highest BCUT2D eigenvalue weighted by Gasteiger charge is 2.23. The molecule has 0 aliphatic carbocycles. The van der Waals surface area contributed by atoms with Crippen molar-refractivity contribution in [1.82, 2.24) is 30.0 Å². The van der Waals surface area contributed by atoms with Crippen LogP contribution in [0, 0.1) is 0 Å². The van der Waals surface area contributed by atoms with Gasteiger partial charge in [0.1, 0.15) is 24.6 Å². The van der Waals surface area contributed by atoms with Gasteiger partial charge in [-0.1, -0.05) is 24.3 Å². The van der Waals surface area contributed by atoms with E-state index in [0.29, 0.717) is 29.3 Å². The summed E-state index contributed by atoms with van der Waals surface area (Å²) in [6, 6.07) is 8.68. The Bertz CT molecular complexity index is 1140. The SMILES string of the molecule is CC(=O)N1CCC(Nc2ncnc3c(OC[C@H](O)CN4CCc5ccccc5C4)n[nH]c23)CC1. The van der Waals surface area contributed by atoms with Crippen molar-refractivity contribution in [3.05, 3.63) is 41.7 Å². The lowest BCUT2D eigenvalue weighted by Gasteiger charge is -2.31. The number of rotatable bonds is 7. The minimum Gasteiger partial charge on any atom is -0.472 e. The Balaban J connectivity index is 1.16. The maximum absolute atomic E-state index is 11.5. The number of amides is 1. The first kappa shape index (κ1) is 22.5. The summed E-state index contributed by atoms with van der Waals surface area (Å²) in [6.45, 7) is 5.51. The molecule has 4 heterocycles. The van der Waals surface area contributed by atoms with E-state index >= 15 is 0 Å². The van der Waals surface area contributed by atoms with E-state index in [1.54, 1.807) is 6.92 Å². The first-order valence-electron chi connectivity index (χ1n) is 11.9. The van der Waals surface area contributed by atoms with Crippen LogP contribution in [0.4, 0.5) is 5.82 Å². The molecule has 10 heteroatoms. The van der Waals surface area contributed by atoms with Crippen molar-refractivity contribution < 1.29 is 14.6 Å². The van der Waals surface area contributed by atoms with Crippen molar-refractivity contribution in [2.24, 2.45) is 0 Å². The van der Waals surface area contributed by atoms with Crippen LogP contribution in [-0.2, 0) is 17.8 Å². The number of aliphatic hydroxyl groups excluding tert-OH is 1. The Morgan fingerprint density at radius 3 is 2.82 bits per heavy atom. The van der Waals surface area contributed by atoms with Crippen LogP contribution in [0.3, 0.4) is 0 Å². The maximum Gasteiger partial charge on any atom is 0.259 e. The van der Waals surface area contributed by atoms with E-state index in [-0.39, 0.29) is 18.6 Å². The molecule has 2 aliphatic heterocycles. The van der Waals surface area contributed by atoms with Crippen molar-refractivity contribution >= 4 is 22.8 Å². The summed E-state index contributed by atoms with van der Waals surface area (Å²) in [4.78, 5) is 24.4. The Kier molecular flexibility index (Phi) is 6.59. The number of ether oxygens (including phenoxy) is 1. The monoisotopic (exact) mass is 465 g/mol. The number of benzene rings is 1. The van der Waals surface area contributed by atoms with E-state index in [2.05, 4.69) is 54.6 Å². The lowest BCUT2D eigenvalue weighted by Crippen LogP contribution is -2.41. The molecule has 0 saturated carbocycles. The average Bonchev–Trinajstić information content (AvgIpc) is 3.27. The number of piperidine rings is 1. The Hall–Kier alpha value is -3.24. The number of aromatic amines is 1. The third-order valence-electron chi connectivity index (χ3n) is 6.69. The maximum atomic E-state index is 11.5. The van der Waals surface area contributed by atoms with Gasteiger partial charge in [0.15, 0.2) is 11.3 Å². The number of hydrogen-bond donors (Lipinski definition) is 3. The number of carbonyl (C=O) groups is 1. The highest BCUT2D eigenvalue weighted by molar-refractivity contribution is 5.88. The number of aliphatic hydroxyl groups is 1. The van der Waals surface area contributed by atoms with Crippen LogP contribution >= 0.6 is 0 Å². The number of hydrogen-bond acceptors (Lipinski definition) is 8. The van der Waals surface area contributed by atoms with Crippen LogP contribution < -0.4 is 10.1 Å². The first-order chi connectivity index (χ1) is 16.6. The summed E-state index contributed by atoms with van der Waals surface area (Å²) < 4.78 is 5.84. The molecule has 3 aromatic rings. The van der Waals surface area contributed by atoms with Crippen LogP contribution in [0.15, 0.2) is 30.6 Å². The fourth-order valence-corrected chi connectivity index (χ4v) is 4.79. The molecule has 180 valence electrons. The van der Waals surface area contributed by atoms with Gasteiger partial charge in [-0.15, -0.1) is 5.10 Å². The molecule has 0 unspecified atom stereocenters. The fraction of sp³-hybridized carbons (Fsp3) is 0.500. The summed E-state index contributed by atoms with van der Waals surface area (Å²) in [6.07, 6.45) is 3.56. The number of likely N-dealkylation sites (tertiary alicyclic amines) is 1. The highest BCUT2D eigenvalue weighted by Crippen LogP contribution is 2.26. The van der Waals surface area contributed by atoms with Crippen LogP contribution in [0.5, 0.6) is 5.88 Å². The predicted octanol–water partition coefficient (Wildman–Crippen LogP) is 1.57. The molecule has 34 heavy (non-hydrogen) atoms. The van der Waals surface area contributed by atoms with Crippen LogP contribution in [0.2, 0.25) is 0 Å². The Labute approximate surface area is 198 Å². The third-order valence-corrected chi connectivity index (χ3v) is 6.69. The third kappa shape index (κ3) is 4.97. The smallest absolute Gasteiger partial charge is 0.259 e. The number of H-pyrrole nitrogens is 1. The van der Waals surface area contributed by atoms with Gasteiger partial charge in [-0.2, -0.15) is 0 Å². The van der Waals surface area contributed by atoms with E-state index < -0.39 is 6.10 Å². The number of nitrogens with one attached hydrogen (secondary N) is 2. The molecule has 1 atom stereocenters. The van der Waals surface area contributed by atoms with Crippen LogP contribution in [0.1, 0.15) is 30.9 Å². The van der Waals surface area contributed by atoms with Gasteiger partial charge in [-0.05, 0) is 30.4 Å². The Morgan fingerprint density at radius 1 is 1.24 bits per heavy atom. The number of β-amino-alcohol motifs (C(OH)–C–C–N with tert-alkyl or cyclic N) is 1. The lowest BCUT2D eigenvalue weighted by molar-refractivity contribution is -0.129. The van der Waals surface area contributed by atoms with Gasteiger partial charge in [0.05, 0.1) is 0 Å². The van der Waals surface area contributed by atoms with Gasteiger partial charge >= 0.3 is 0 Å². The molecule has 1 fully saturated rings. The topological polar surface area (TPSA) is 120 Å². The largest absolute Gasteiger partial charge is 0.472 e. The quantitative estimate of drug-likeness (QED) is 0.481. The second-order valence-electron chi connectivity index (χ2n) is 9.12. The van der Waals surface area contributed by atoms with Crippen molar-refractivity contribution in [3.63, 3.8) is 0 Å². The van der Waals surface area contributed by atoms with Crippen LogP contribution in [0.25, 0.3) is 11.0 Å². The van der Waals surface area contributed by atoms with Crippen molar-refractivity contribution in [2.75, 3.05) is 38.1 Å². The van der Waals surface area contributed by atoms with Gasteiger partial charge in [0.25, 0.3) is 5.88 Å². The molecular weight excluding hydrogens is 434 g/mol. The van der Waals surface area contributed by atoms with Gasteiger partial charge < -0.3 is 20.1 Å². The zero-order valence-corrected chi connectivity index (χ0v) is 19.4.